The zero-order valence-electron chi connectivity index (χ0n) is 10.3. The number of hydrogen-bond donors (Lipinski definition) is 1. The summed E-state index contributed by atoms with van der Waals surface area (Å²) in [5, 5.41) is 10.0. The van der Waals surface area contributed by atoms with Crippen LogP contribution in [0.5, 0.6) is 0 Å². The molecule has 0 amide bonds. The molecule has 100 valence electrons. The fourth-order valence-corrected chi connectivity index (χ4v) is 1.86. The molecule has 1 N–H and O–H groups in total. The van der Waals surface area contributed by atoms with Crippen molar-refractivity contribution in [1.82, 2.24) is 0 Å². The Morgan fingerprint density at radius 2 is 1.53 bits per heavy atom. The fraction of sp³-hybridized carbons (Fsp3) is 0.200. The van der Waals surface area contributed by atoms with Crippen LogP contribution in [0.1, 0.15) is 29.7 Å². The molecule has 0 heterocycles. The minimum atomic E-state index is -1.32. The Kier molecular flexibility index (Phi) is 3.90. The van der Waals surface area contributed by atoms with Gasteiger partial charge in [0, 0.05) is 11.6 Å². The molecule has 0 spiro atoms. The van der Waals surface area contributed by atoms with Gasteiger partial charge in [0.05, 0.1) is 0 Å². The number of benzene rings is 2. The van der Waals surface area contributed by atoms with E-state index < -0.39 is 23.6 Å². The Labute approximate surface area is 109 Å². The number of hydrogen-bond acceptors (Lipinski definition) is 1. The highest BCUT2D eigenvalue weighted by Crippen LogP contribution is 2.26. The molecule has 1 nitrogen and oxygen atoms in total. The van der Waals surface area contributed by atoms with Crippen LogP contribution in [0, 0.1) is 17.5 Å². The normalized spacial score (nSPS) is 12.5. The second kappa shape index (κ2) is 5.45. The van der Waals surface area contributed by atoms with Gasteiger partial charge in [0.25, 0.3) is 0 Å². The van der Waals surface area contributed by atoms with Crippen molar-refractivity contribution in [2.24, 2.45) is 0 Å². The quantitative estimate of drug-likeness (QED) is 0.839. The molecule has 4 heteroatoms. The van der Waals surface area contributed by atoms with E-state index in [1.54, 1.807) is 24.3 Å². The number of aliphatic hydroxyl groups is 1. The second-order valence-corrected chi connectivity index (χ2v) is 4.29. The van der Waals surface area contributed by atoms with Gasteiger partial charge in [-0.05, 0) is 23.6 Å². The van der Waals surface area contributed by atoms with E-state index in [1.165, 1.54) is 0 Å². The van der Waals surface area contributed by atoms with Crippen LogP contribution >= 0.6 is 0 Å². The summed E-state index contributed by atoms with van der Waals surface area (Å²) in [6.45, 7) is 1.99. The van der Waals surface area contributed by atoms with Crippen molar-refractivity contribution in [3.05, 3.63) is 70.5 Å². The summed E-state index contributed by atoms with van der Waals surface area (Å²) in [6.07, 6.45) is -0.475. The fourth-order valence-electron chi connectivity index (χ4n) is 1.86. The maximum Gasteiger partial charge on any atom is 0.161 e. The SMILES string of the molecule is CCc1ccc(C(O)c2cc(F)c(F)cc2F)cc1. The number of rotatable bonds is 3. The summed E-state index contributed by atoms with van der Waals surface area (Å²) in [4.78, 5) is 0. The second-order valence-electron chi connectivity index (χ2n) is 4.29. The summed E-state index contributed by atoms with van der Waals surface area (Å²) >= 11 is 0. The predicted molar refractivity (Wildman–Crippen MR) is 66.2 cm³/mol. The number of halogens is 3. The molecule has 2 aromatic carbocycles. The smallest absolute Gasteiger partial charge is 0.161 e. The summed E-state index contributed by atoms with van der Waals surface area (Å²) < 4.78 is 39.5. The Balaban J connectivity index is 2.37. The van der Waals surface area contributed by atoms with Crippen LogP contribution in [-0.4, -0.2) is 5.11 Å². The third-order valence-corrected chi connectivity index (χ3v) is 3.04. The minimum Gasteiger partial charge on any atom is -0.384 e. The van der Waals surface area contributed by atoms with Crippen molar-refractivity contribution < 1.29 is 18.3 Å². The lowest BCUT2D eigenvalue weighted by Gasteiger charge is -2.13. The van der Waals surface area contributed by atoms with Crippen molar-refractivity contribution in [2.45, 2.75) is 19.4 Å². The Morgan fingerprint density at radius 1 is 0.947 bits per heavy atom. The molecule has 0 saturated carbocycles. The third kappa shape index (κ3) is 2.79. The summed E-state index contributed by atoms with van der Waals surface area (Å²) in [5.74, 6) is -3.42. The topological polar surface area (TPSA) is 20.2 Å². The lowest BCUT2D eigenvalue weighted by molar-refractivity contribution is 0.214. The van der Waals surface area contributed by atoms with E-state index in [4.69, 9.17) is 0 Å². The molecular weight excluding hydrogens is 253 g/mol. The summed E-state index contributed by atoms with van der Waals surface area (Å²) in [6, 6.07) is 8.01. The molecule has 0 aliphatic carbocycles. The Morgan fingerprint density at radius 3 is 2.11 bits per heavy atom. The van der Waals surface area contributed by atoms with Crippen LogP contribution in [0.3, 0.4) is 0 Å². The highest BCUT2D eigenvalue weighted by atomic mass is 19.2. The largest absolute Gasteiger partial charge is 0.384 e. The van der Waals surface area contributed by atoms with Crippen molar-refractivity contribution in [2.75, 3.05) is 0 Å². The molecule has 0 aliphatic heterocycles. The Hall–Kier alpha value is -1.81. The van der Waals surface area contributed by atoms with E-state index >= 15 is 0 Å². The molecule has 0 saturated heterocycles. The van der Waals surface area contributed by atoms with E-state index in [0.29, 0.717) is 17.7 Å². The van der Waals surface area contributed by atoms with Gasteiger partial charge in [-0.1, -0.05) is 31.2 Å². The van der Waals surface area contributed by atoms with Crippen LogP contribution in [0.15, 0.2) is 36.4 Å². The highest BCUT2D eigenvalue weighted by molar-refractivity contribution is 5.33. The monoisotopic (exact) mass is 266 g/mol. The van der Waals surface area contributed by atoms with Gasteiger partial charge in [0.15, 0.2) is 11.6 Å². The molecule has 0 aromatic heterocycles. The van der Waals surface area contributed by atoms with Gasteiger partial charge in [0.2, 0.25) is 0 Å². The van der Waals surface area contributed by atoms with Gasteiger partial charge < -0.3 is 5.11 Å². The van der Waals surface area contributed by atoms with E-state index in [1.807, 2.05) is 6.92 Å². The van der Waals surface area contributed by atoms with Gasteiger partial charge in [0.1, 0.15) is 11.9 Å². The van der Waals surface area contributed by atoms with Crippen LogP contribution < -0.4 is 0 Å². The van der Waals surface area contributed by atoms with Crippen molar-refractivity contribution >= 4 is 0 Å². The van der Waals surface area contributed by atoms with Gasteiger partial charge >= 0.3 is 0 Å². The lowest BCUT2D eigenvalue weighted by atomic mass is 9.99. The first-order chi connectivity index (χ1) is 9.02. The van der Waals surface area contributed by atoms with Crippen LogP contribution in [0.25, 0.3) is 0 Å². The van der Waals surface area contributed by atoms with E-state index in [0.717, 1.165) is 12.0 Å². The summed E-state index contributed by atoms with van der Waals surface area (Å²) in [5.41, 5.74) is 1.23. The molecule has 0 aliphatic rings. The number of aryl methyl sites for hydroxylation is 1. The maximum atomic E-state index is 13.5. The standard InChI is InChI=1S/C15H13F3O/c1-2-9-3-5-10(6-4-9)15(19)11-7-13(17)14(18)8-12(11)16/h3-8,15,19H,2H2,1H3. The number of aliphatic hydroxyl groups excluding tert-OH is 1. The van der Waals surface area contributed by atoms with Crippen molar-refractivity contribution in [1.29, 1.82) is 0 Å². The third-order valence-electron chi connectivity index (χ3n) is 3.04. The first-order valence-corrected chi connectivity index (χ1v) is 5.94. The molecule has 1 unspecified atom stereocenters. The van der Waals surface area contributed by atoms with E-state index in [-0.39, 0.29) is 5.56 Å². The van der Waals surface area contributed by atoms with Crippen LogP contribution in [-0.2, 0) is 6.42 Å². The van der Waals surface area contributed by atoms with Gasteiger partial charge in [-0.25, -0.2) is 13.2 Å². The molecule has 19 heavy (non-hydrogen) atoms. The van der Waals surface area contributed by atoms with Crippen LogP contribution in [0.4, 0.5) is 13.2 Å². The van der Waals surface area contributed by atoms with E-state index in [9.17, 15) is 18.3 Å². The predicted octanol–water partition coefficient (Wildman–Crippen LogP) is 3.75. The molecular formula is C15H13F3O. The zero-order chi connectivity index (χ0) is 14.0. The maximum absolute atomic E-state index is 13.5. The van der Waals surface area contributed by atoms with Gasteiger partial charge in [-0.3, -0.25) is 0 Å². The minimum absolute atomic E-state index is 0.275. The molecule has 2 aromatic rings. The molecule has 0 bridgehead atoms. The van der Waals surface area contributed by atoms with E-state index in [2.05, 4.69) is 0 Å². The van der Waals surface area contributed by atoms with Gasteiger partial charge in [-0.2, -0.15) is 0 Å². The Bertz CT molecular complexity index is 579. The average molecular weight is 266 g/mol. The zero-order valence-corrected chi connectivity index (χ0v) is 10.3. The van der Waals surface area contributed by atoms with Gasteiger partial charge in [-0.15, -0.1) is 0 Å². The molecule has 0 radical (unpaired) electrons. The lowest BCUT2D eigenvalue weighted by Crippen LogP contribution is -2.04. The molecule has 1 atom stereocenters. The van der Waals surface area contributed by atoms with Crippen LogP contribution in [0.2, 0.25) is 0 Å². The average Bonchev–Trinajstić information content (AvgIpc) is 2.42. The molecule has 2 rings (SSSR count). The highest BCUT2D eigenvalue weighted by Gasteiger charge is 2.18. The first kappa shape index (κ1) is 13.6. The van der Waals surface area contributed by atoms with Crippen molar-refractivity contribution in [3.8, 4) is 0 Å². The first-order valence-electron chi connectivity index (χ1n) is 5.94. The molecule has 0 fully saturated rings. The summed E-state index contributed by atoms with van der Waals surface area (Å²) in [7, 11) is 0. The van der Waals surface area contributed by atoms with Crippen molar-refractivity contribution in [3.63, 3.8) is 0 Å².